The molecule has 27 heavy (non-hydrogen) atoms. The Kier molecular flexibility index (Phi) is 4.85. The zero-order valence-corrected chi connectivity index (χ0v) is 14.1. The first kappa shape index (κ1) is 18.4. The van der Waals surface area contributed by atoms with Crippen LogP contribution in [0.15, 0.2) is 48.5 Å². The van der Waals surface area contributed by atoms with Gasteiger partial charge in [-0.05, 0) is 43.3 Å². The van der Waals surface area contributed by atoms with Crippen LogP contribution in [0.2, 0.25) is 0 Å². The van der Waals surface area contributed by atoms with Crippen molar-refractivity contribution in [3.63, 3.8) is 0 Å². The number of benzene rings is 2. The number of hydrogen-bond acceptors (Lipinski definition) is 3. The van der Waals surface area contributed by atoms with Gasteiger partial charge in [0.2, 0.25) is 11.9 Å². The first-order chi connectivity index (χ1) is 12.7. The van der Waals surface area contributed by atoms with Crippen molar-refractivity contribution in [3.8, 4) is 0 Å². The molecule has 1 aromatic heterocycles. The van der Waals surface area contributed by atoms with Gasteiger partial charge >= 0.3 is 6.18 Å². The molecule has 0 fully saturated rings. The summed E-state index contributed by atoms with van der Waals surface area (Å²) in [6.07, 6.45) is -4.48. The van der Waals surface area contributed by atoms with Gasteiger partial charge in [-0.2, -0.15) is 13.2 Å². The Hall–Kier alpha value is -3.36. The topological polar surface area (TPSA) is 86.9 Å². The summed E-state index contributed by atoms with van der Waals surface area (Å²) in [5, 5.41) is 4.98. The number of anilines is 1. The fourth-order valence-electron chi connectivity index (χ4n) is 2.39. The molecule has 0 aliphatic rings. The van der Waals surface area contributed by atoms with Crippen molar-refractivity contribution in [3.05, 3.63) is 59.7 Å². The second-order valence-corrected chi connectivity index (χ2v) is 5.86. The Morgan fingerprint density at radius 3 is 2.37 bits per heavy atom. The highest BCUT2D eigenvalue weighted by Crippen LogP contribution is 2.29. The Bertz CT molecular complexity index is 947. The lowest BCUT2D eigenvalue weighted by atomic mass is 10.1. The van der Waals surface area contributed by atoms with E-state index in [1.165, 1.54) is 6.92 Å². The van der Waals surface area contributed by atoms with Gasteiger partial charge in [0.15, 0.2) is 0 Å². The largest absolute Gasteiger partial charge is 0.416 e. The van der Waals surface area contributed by atoms with E-state index in [9.17, 15) is 22.8 Å². The van der Waals surface area contributed by atoms with Crippen molar-refractivity contribution in [2.45, 2.75) is 19.1 Å². The third kappa shape index (κ3) is 4.25. The summed E-state index contributed by atoms with van der Waals surface area (Å²) in [5.74, 6) is -0.942. The molecule has 3 N–H and O–H groups in total. The van der Waals surface area contributed by atoms with Crippen LogP contribution in [0.4, 0.5) is 19.1 Å². The van der Waals surface area contributed by atoms with Crippen LogP contribution >= 0.6 is 0 Å². The Labute approximate surface area is 151 Å². The summed E-state index contributed by atoms with van der Waals surface area (Å²) < 4.78 is 37.7. The molecule has 0 bridgehead atoms. The van der Waals surface area contributed by atoms with Gasteiger partial charge < -0.3 is 10.3 Å². The monoisotopic (exact) mass is 376 g/mol. The highest BCUT2D eigenvalue weighted by atomic mass is 19.4. The summed E-state index contributed by atoms with van der Waals surface area (Å²) in [4.78, 5) is 31.4. The molecule has 2 amide bonds. The van der Waals surface area contributed by atoms with Gasteiger partial charge in [-0.25, -0.2) is 4.98 Å². The maximum atomic E-state index is 12.6. The fourth-order valence-corrected chi connectivity index (χ4v) is 2.39. The summed E-state index contributed by atoms with van der Waals surface area (Å²) >= 11 is 0. The van der Waals surface area contributed by atoms with E-state index in [2.05, 4.69) is 20.6 Å². The number of hydrogen-bond donors (Lipinski definition) is 3. The quantitative estimate of drug-likeness (QED) is 0.653. The normalized spacial score (nSPS) is 12.6. The van der Waals surface area contributed by atoms with E-state index in [1.807, 2.05) is 12.1 Å². The SMILES string of the molecule is CC(NC(=O)c1ccc(C(F)(F)F)cc1)C(=O)Nc1nc2ccccc2[nH]1. The molecule has 1 unspecified atom stereocenters. The number of nitrogens with zero attached hydrogens (tertiary/aromatic N) is 1. The zero-order valence-electron chi connectivity index (χ0n) is 14.1. The van der Waals surface area contributed by atoms with Gasteiger partial charge in [0.05, 0.1) is 16.6 Å². The van der Waals surface area contributed by atoms with Gasteiger partial charge in [-0.15, -0.1) is 0 Å². The third-order valence-corrected chi connectivity index (χ3v) is 3.85. The predicted octanol–water partition coefficient (Wildman–Crippen LogP) is 3.34. The van der Waals surface area contributed by atoms with E-state index in [4.69, 9.17) is 0 Å². The number of aromatic amines is 1. The standard InChI is InChI=1S/C18H15F3N4O2/c1-10(15(26)25-17-23-13-4-2-3-5-14(13)24-17)22-16(27)11-6-8-12(9-7-11)18(19,20)21/h2-10H,1H3,(H,22,27)(H2,23,24,25,26). The number of carbonyl (C=O) groups is 2. The first-order valence-corrected chi connectivity index (χ1v) is 7.98. The van der Waals surface area contributed by atoms with E-state index in [-0.39, 0.29) is 11.5 Å². The number of rotatable bonds is 4. The average Bonchev–Trinajstić information content (AvgIpc) is 3.03. The number of imidazole rings is 1. The highest BCUT2D eigenvalue weighted by molar-refractivity contribution is 6.00. The highest BCUT2D eigenvalue weighted by Gasteiger charge is 2.30. The Morgan fingerprint density at radius 1 is 1.07 bits per heavy atom. The lowest BCUT2D eigenvalue weighted by Gasteiger charge is -2.13. The number of aromatic nitrogens is 2. The molecule has 0 saturated carbocycles. The lowest BCUT2D eigenvalue weighted by Crippen LogP contribution is -2.41. The van der Waals surface area contributed by atoms with Crippen LogP contribution in [0.25, 0.3) is 11.0 Å². The van der Waals surface area contributed by atoms with E-state index in [0.29, 0.717) is 5.52 Å². The number of H-pyrrole nitrogens is 1. The number of carbonyl (C=O) groups excluding carboxylic acids is 2. The number of amides is 2. The Balaban J connectivity index is 1.62. The van der Waals surface area contributed by atoms with Gasteiger partial charge in [0, 0.05) is 5.56 Å². The van der Waals surface area contributed by atoms with Crippen molar-refractivity contribution in [1.29, 1.82) is 0 Å². The third-order valence-electron chi connectivity index (χ3n) is 3.85. The molecule has 0 saturated heterocycles. The minimum absolute atomic E-state index is 0.0198. The van der Waals surface area contributed by atoms with Crippen LogP contribution in [0.3, 0.4) is 0 Å². The molecule has 9 heteroatoms. The average molecular weight is 376 g/mol. The molecular formula is C18H15F3N4O2. The molecule has 1 heterocycles. The van der Waals surface area contributed by atoms with E-state index in [1.54, 1.807) is 12.1 Å². The number of fused-ring (bicyclic) bond motifs is 1. The summed E-state index contributed by atoms with van der Waals surface area (Å²) in [7, 11) is 0. The molecular weight excluding hydrogens is 361 g/mol. The molecule has 0 aliphatic heterocycles. The lowest BCUT2D eigenvalue weighted by molar-refractivity contribution is -0.137. The minimum atomic E-state index is -4.48. The van der Waals surface area contributed by atoms with Crippen LogP contribution in [0.1, 0.15) is 22.8 Å². The molecule has 0 aliphatic carbocycles. The first-order valence-electron chi connectivity index (χ1n) is 7.98. The van der Waals surface area contributed by atoms with Crippen molar-refractivity contribution in [2.75, 3.05) is 5.32 Å². The molecule has 3 rings (SSSR count). The van der Waals surface area contributed by atoms with Crippen LogP contribution in [0, 0.1) is 0 Å². The molecule has 1 atom stereocenters. The van der Waals surface area contributed by atoms with Crippen molar-refractivity contribution in [1.82, 2.24) is 15.3 Å². The molecule has 2 aromatic carbocycles. The number of nitrogens with one attached hydrogen (secondary N) is 3. The van der Waals surface area contributed by atoms with Crippen LogP contribution in [-0.4, -0.2) is 27.8 Å². The van der Waals surface area contributed by atoms with E-state index < -0.39 is 29.6 Å². The second kappa shape index (κ2) is 7.10. The zero-order chi connectivity index (χ0) is 19.6. The molecule has 140 valence electrons. The van der Waals surface area contributed by atoms with Gasteiger partial charge in [-0.3, -0.25) is 14.9 Å². The van der Waals surface area contributed by atoms with Crippen molar-refractivity contribution < 1.29 is 22.8 Å². The van der Waals surface area contributed by atoms with Crippen LogP contribution in [-0.2, 0) is 11.0 Å². The predicted molar refractivity (Wildman–Crippen MR) is 93.1 cm³/mol. The molecule has 0 spiro atoms. The molecule has 0 radical (unpaired) electrons. The number of halogens is 3. The van der Waals surface area contributed by atoms with Gasteiger partial charge in [0.1, 0.15) is 6.04 Å². The van der Waals surface area contributed by atoms with Gasteiger partial charge in [0.25, 0.3) is 5.91 Å². The summed E-state index contributed by atoms with van der Waals surface area (Å²) in [6, 6.07) is 10.0. The fraction of sp³-hybridized carbons (Fsp3) is 0.167. The number of alkyl halides is 3. The second-order valence-electron chi connectivity index (χ2n) is 5.86. The molecule has 3 aromatic rings. The maximum absolute atomic E-state index is 12.6. The minimum Gasteiger partial charge on any atom is -0.341 e. The van der Waals surface area contributed by atoms with Crippen molar-refractivity contribution >= 4 is 28.8 Å². The van der Waals surface area contributed by atoms with E-state index in [0.717, 1.165) is 29.8 Å². The molecule has 6 nitrogen and oxygen atoms in total. The van der Waals surface area contributed by atoms with Crippen LogP contribution < -0.4 is 10.6 Å². The number of para-hydroxylation sites is 2. The smallest absolute Gasteiger partial charge is 0.341 e. The van der Waals surface area contributed by atoms with E-state index >= 15 is 0 Å². The van der Waals surface area contributed by atoms with Crippen LogP contribution in [0.5, 0.6) is 0 Å². The maximum Gasteiger partial charge on any atom is 0.416 e. The Morgan fingerprint density at radius 2 is 1.74 bits per heavy atom. The van der Waals surface area contributed by atoms with Gasteiger partial charge in [-0.1, -0.05) is 12.1 Å². The summed E-state index contributed by atoms with van der Waals surface area (Å²) in [6.45, 7) is 1.46. The van der Waals surface area contributed by atoms with Crippen molar-refractivity contribution in [2.24, 2.45) is 0 Å². The summed E-state index contributed by atoms with van der Waals surface area (Å²) in [5.41, 5.74) is 0.588.